The first-order valence-corrected chi connectivity index (χ1v) is 12.2. The Balaban J connectivity index is 0.00000320. The van der Waals surface area contributed by atoms with Crippen molar-refractivity contribution >= 4 is 41.7 Å². The van der Waals surface area contributed by atoms with Crippen molar-refractivity contribution in [2.24, 2.45) is 16.8 Å². The average Bonchev–Trinajstić information content (AvgIpc) is 3.24. The number of hydrogen-bond donors (Lipinski definition) is 1. The lowest BCUT2D eigenvalue weighted by Gasteiger charge is -2.22. The maximum atomic E-state index is 5.87. The second-order valence-corrected chi connectivity index (χ2v) is 9.04. The van der Waals surface area contributed by atoms with Gasteiger partial charge in [0.2, 0.25) is 0 Å². The smallest absolute Gasteiger partial charge is 0.193 e. The fourth-order valence-electron chi connectivity index (χ4n) is 3.83. The Hall–Kier alpha value is -0.510. The third kappa shape index (κ3) is 9.32. The average molecular weight is 548 g/mol. The zero-order chi connectivity index (χ0) is 20.2. The standard InChI is InChI=1S/C23H37N3O2S.HI/c1-2-24-23(25-12-6-14-28-18-20-10-15-27-16-11-20)26-13-9-21(17-26)19-29-22-7-4-3-5-8-22;/h3-5,7-8,20-21H,2,6,9-19H2,1H3,(H,24,25);1H. The molecule has 0 radical (unpaired) electrons. The third-order valence-corrected chi connectivity index (χ3v) is 6.80. The molecule has 2 saturated heterocycles. The van der Waals surface area contributed by atoms with E-state index >= 15 is 0 Å². The molecular formula is C23H38IN3O2S. The van der Waals surface area contributed by atoms with E-state index in [1.807, 2.05) is 11.8 Å². The molecule has 0 aromatic heterocycles. The van der Waals surface area contributed by atoms with Gasteiger partial charge < -0.3 is 19.7 Å². The van der Waals surface area contributed by atoms with E-state index in [2.05, 4.69) is 47.5 Å². The van der Waals surface area contributed by atoms with Crippen molar-refractivity contribution in [3.05, 3.63) is 30.3 Å². The first-order valence-electron chi connectivity index (χ1n) is 11.2. The van der Waals surface area contributed by atoms with Crippen molar-refractivity contribution < 1.29 is 9.47 Å². The van der Waals surface area contributed by atoms with Crippen molar-refractivity contribution in [3.63, 3.8) is 0 Å². The summed E-state index contributed by atoms with van der Waals surface area (Å²) in [6.07, 6.45) is 4.51. The van der Waals surface area contributed by atoms with E-state index in [0.29, 0.717) is 5.92 Å². The maximum Gasteiger partial charge on any atom is 0.193 e. The molecule has 5 nitrogen and oxygen atoms in total. The van der Waals surface area contributed by atoms with Crippen molar-refractivity contribution in [3.8, 4) is 0 Å². The summed E-state index contributed by atoms with van der Waals surface area (Å²) in [5.74, 6) is 3.66. The van der Waals surface area contributed by atoms with E-state index in [9.17, 15) is 0 Å². The topological polar surface area (TPSA) is 46.1 Å². The second-order valence-electron chi connectivity index (χ2n) is 7.94. The number of hydrogen-bond acceptors (Lipinski definition) is 4. The molecule has 0 bridgehead atoms. The summed E-state index contributed by atoms with van der Waals surface area (Å²) in [6.45, 7) is 9.56. The fourth-order valence-corrected chi connectivity index (χ4v) is 4.88. The molecule has 2 heterocycles. The Morgan fingerprint density at radius 3 is 2.77 bits per heavy atom. The molecule has 1 aromatic carbocycles. The van der Waals surface area contributed by atoms with Gasteiger partial charge in [0, 0.05) is 63.3 Å². The van der Waals surface area contributed by atoms with Gasteiger partial charge in [0.1, 0.15) is 0 Å². The minimum atomic E-state index is 0. The molecule has 1 aromatic rings. The SMILES string of the molecule is CCNC(=NCCCOCC1CCOCC1)N1CCC(CSc2ccccc2)C1.I. The third-order valence-electron chi connectivity index (χ3n) is 5.55. The zero-order valence-corrected chi connectivity index (χ0v) is 21.4. The molecule has 7 heteroatoms. The maximum absolute atomic E-state index is 5.87. The Morgan fingerprint density at radius 2 is 2.00 bits per heavy atom. The number of nitrogens with one attached hydrogen (secondary N) is 1. The van der Waals surface area contributed by atoms with Crippen LogP contribution in [0.3, 0.4) is 0 Å². The Morgan fingerprint density at radius 1 is 1.20 bits per heavy atom. The van der Waals surface area contributed by atoms with Gasteiger partial charge in [-0.15, -0.1) is 35.7 Å². The summed E-state index contributed by atoms with van der Waals surface area (Å²) in [6, 6.07) is 10.7. The largest absolute Gasteiger partial charge is 0.381 e. The van der Waals surface area contributed by atoms with Crippen LogP contribution in [0.2, 0.25) is 0 Å². The van der Waals surface area contributed by atoms with Crippen LogP contribution in [0.15, 0.2) is 40.2 Å². The van der Waals surface area contributed by atoms with Gasteiger partial charge in [-0.1, -0.05) is 18.2 Å². The number of benzene rings is 1. The molecule has 2 aliphatic heterocycles. The number of nitrogens with zero attached hydrogens (tertiary/aromatic N) is 2. The lowest BCUT2D eigenvalue weighted by atomic mass is 10.0. The van der Waals surface area contributed by atoms with Crippen LogP contribution in [0, 0.1) is 11.8 Å². The van der Waals surface area contributed by atoms with E-state index < -0.39 is 0 Å². The van der Waals surface area contributed by atoms with Crippen molar-refractivity contribution in [2.75, 3.05) is 58.4 Å². The van der Waals surface area contributed by atoms with Crippen LogP contribution >= 0.6 is 35.7 Å². The highest BCUT2D eigenvalue weighted by molar-refractivity contribution is 14.0. The van der Waals surface area contributed by atoms with Crippen LogP contribution in [-0.2, 0) is 9.47 Å². The molecule has 0 spiro atoms. The molecule has 30 heavy (non-hydrogen) atoms. The number of likely N-dealkylation sites (tertiary alicyclic amines) is 1. The van der Waals surface area contributed by atoms with Crippen LogP contribution < -0.4 is 5.32 Å². The van der Waals surface area contributed by atoms with Crippen LogP contribution in [0.4, 0.5) is 0 Å². The van der Waals surface area contributed by atoms with Gasteiger partial charge in [-0.2, -0.15) is 0 Å². The Bertz CT molecular complexity index is 599. The minimum Gasteiger partial charge on any atom is -0.381 e. The molecular weight excluding hydrogens is 509 g/mol. The van der Waals surface area contributed by atoms with Gasteiger partial charge >= 0.3 is 0 Å². The van der Waals surface area contributed by atoms with E-state index in [1.54, 1.807) is 0 Å². The molecule has 0 amide bonds. The highest BCUT2D eigenvalue weighted by Gasteiger charge is 2.24. The van der Waals surface area contributed by atoms with Gasteiger partial charge in [-0.25, -0.2) is 0 Å². The molecule has 1 unspecified atom stereocenters. The van der Waals surface area contributed by atoms with Crippen molar-refractivity contribution in [1.82, 2.24) is 10.2 Å². The lowest BCUT2D eigenvalue weighted by molar-refractivity contribution is 0.0205. The summed E-state index contributed by atoms with van der Waals surface area (Å²) in [5, 5.41) is 3.48. The number of guanidine groups is 1. The lowest BCUT2D eigenvalue weighted by Crippen LogP contribution is -2.40. The molecule has 2 aliphatic rings. The number of thioether (sulfide) groups is 1. The second kappa shape index (κ2) is 15.3. The van der Waals surface area contributed by atoms with Gasteiger partial charge in [-0.3, -0.25) is 4.99 Å². The molecule has 1 atom stereocenters. The predicted octanol–water partition coefficient (Wildman–Crippen LogP) is 4.52. The van der Waals surface area contributed by atoms with Crippen LogP contribution in [-0.4, -0.2) is 69.2 Å². The first-order chi connectivity index (χ1) is 14.3. The molecule has 0 aliphatic carbocycles. The first kappa shape index (κ1) is 25.7. The molecule has 3 rings (SSSR count). The molecule has 2 fully saturated rings. The summed E-state index contributed by atoms with van der Waals surface area (Å²) in [7, 11) is 0. The van der Waals surface area contributed by atoms with E-state index in [1.165, 1.54) is 17.1 Å². The van der Waals surface area contributed by atoms with E-state index in [0.717, 1.165) is 83.7 Å². The van der Waals surface area contributed by atoms with Crippen molar-refractivity contribution in [2.45, 2.75) is 37.5 Å². The summed E-state index contributed by atoms with van der Waals surface area (Å²) >= 11 is 1.97. The van der Waals surface area contributed by atoms with Gasteiger partial charge in [-0.05, 0) is 56.6 Å². The monoisotopic (exact) mass is 547 g/mol. The highest BCUT2D eigenvalue weighted by atomic mass is 127. The molecule has 1 N–H and O–H groups in total. The van der Waals surface area contributed by atoms with Gasteiger partial charge in [0.05, 0.1) is 0 Å². The number of ether oxygens (including phenoxy) is 2. The highest BCUT2D eigenvalue weighted by Crippen LogP contribution is 2.25. The zero-order valence-electron chi connectivity index (χ0n) is 18.3. The summed E-state index contributed by atoms with van der Waals surface area (Å²) in [5.41, 5.74) is 0. The Kier molecular flexibility index (Phi) is 13.1. The van der Waals surface area contributed by atoms with Crippen LogP contribution in [0.1, 0.15) is 32.6 Å². The van der Waals surface area contributed by atoms with Gasteiger partial charge in [0.25, 0.3) is 0 Å². The van der Waals surface area contributed by atoms with E-state index in [4.69, 9.17) is 14.5 Å². The number of rotatable bonds is 10. The fraction of sp³-hybridized carbons (Fsp3) is 0.696. The van der Waals surface area contributed by atoms with Crippen LogP contribution in [0.25, 0.3) is 0 Å². The summed E-state index contributed by atoms with van der Waals surface area (Å²) < 4.78 is 11.3. The van der Waals surface area contributed by atoms with Crippen LogP contribution in [0.5, 0.6) is 0 Å². The van der Waals surface area contributed by atoms with E-state index in [-0.39, 0.29) is 24.0 Å². The van der Waals surface area contributed by atoms with Crippen molar-refractivity contribution in [1.29, 1.82) is 0 Å². The van der Waals surface area contributed by atoms with Gasteiger partial charge in [0.15, 0.2) is 5.96 Å². The number of halogens is 1. The minimum absolute atomic E-state index is 0. The Labute approximate surface area is 203 Å². The molecule has 170 valence electrons. The normalized spacial score (nSPS) is 20.2. The quantitative estimate of drug-likeness (QED) is 0.154. The number of aliphatic imine (C=N–C) groups is 1. The predicted molar refractivity (Wildman–Crippen MR) is 137 cm³/mol. The summed E-state index contributed by atoms with van der Waals surface area (Å²) in [4.78, 5) is 8.66. The molecule has 0 saturated carbocycles.